The first kappa shape index (κ1) is 22.9. The van der Waals surface area contributed by atoms with Gasteiger partial charge in [-0.3, -0.25) is 4.79 Å². The summed E-state index contributed by atoms with van der Waals surface area (Å²) in [5.74, 6) is -0.264. The maximum Gasteiger partial charge on any atom is 0.251 e. The Labute approximate surface area is 163 Å². The summed E-state index contributed by atoms with van der Waals surface area (Å²) < 4.78 is 27.3. The minimum Gasteiger partial charge on any atom is -0.350 e. The summed E-state index contributed by atoms with van der Waals surface area (Å²) in [6, 6.07) is 6.48. The highest BCUT2D eigenvalue weighted by molar-refractivity contribution is 7.89. The Hall–Kier alpha value is -1.15. The maximum atomic E-state index is 12.9. The molecule has 0 aromatic heterocycles. The molecule has 1 aliphatic carbocycles. The Bertz CT molecular complexity index is 691. The van der Waals surface area contributed by atoms with E-state index in [1.54, 1.807) is 25.2 Å². The van der Waals surface area contributed by atoms with Crippen molar-refractivity contribution in [2.45, 2.75) is 56.0 Å². The quantitative estimate of drug-likeness (QED) is 0.732. The van der Waals surface area contributed by atoms with Crippen molar-refractivity contribution in [3.05, 3.63) is 29.8 Å². The molecule has 0 aliphatic heterocycles. The van der Waals surface area contributed by atoms with Crippen LogP contribution in [0.2, 0.25) is 0 Å². The SMILES string of the molecule is CNC(C)CNC(=O)c1cccc(S(=O)(=O)N(C)C2CCCCC2)c1.Cl. The summed E-state index contributed by atoms with van der Waals surface area (Å²) in [6.45, 7) is 2.44. The molecule has 1 aliphatic rings. The molecular weight excluding hydrogens is 374 g/mol. The lowest BCUT2D eigenvalue weighted by molar-refractivity contribution is 0.0950. The third-order valence-corrected chi connectivity index (χ3v) is 6.83. The molecule has 2 N–H and O–H groups in total. The van der Waals surface area contributed by atoms with Gasteiger partial charge in [0.1, 0.15) is 0 Å². The number of sulfonamides is 1. The van der Waals surface area contributed by atoms with Crippen LogP contribution in [0.15, 0.2) is 29.2 Å². The Morgan fingerprint density at radius 3 is 2.54 bits per heavy atom. The molecule has 1 unspecified atom stereocenters. The molecule has 1 saturated carbocycles. The number of hydrogen-bond donors (Lipinski definition) is 2. The summed E-state index contributed by atoms with van der Waals surface area (Å²) in [6.07, 6.45) is 5.11. The first-order chi connectivity index (χ1) is 11.9. The fraction of sp³-hybridized carbons (Fsp3) is 0.611. The standard InChI is InChI=1S/C18H29N3O3S.ClH/c1-14(19-2)13-20-18(22)15-8-7-11-17(12-15)25(23,24)21(3)16-9-5-4-6-10-16;/h7-8,11-12,14,16,19H,4-6,9-10,13H2,1-3H3,(H,20,22);1H. The second-order valence-electron chi connectivity index (χ2n) is 6.74. The molecule has 0 spiro atoms. The first-order valence-corrected chi connectivity index (χ1v) is 10.3. The zero-order chi connectivity index (χ0) is 18.4. The second-order valence-corrected chi connectivity index (χ2v) is 8.74. The average molecular weight is 404 g/mol. The molecule has 0 radical (unpaired) electrons. The first-order valence-electron chi connectivity index (χ1n) is 8.90. The number of carbonyl (C=O) groups excluding carboxylic acids is 1. The van der Waals surface area contributed by atoms with Gasteiger partial charge in [0.25, 0.3) is 5.91 Å². The van der Waals surface area contributed by atoms with Crippen LogP contribution in [-0.4, -0.2) is 51.4 Å². The van der Waals surface area contributed by atoms with Gasteiger partial charge >= 0.3 is 0 Å². The Morgan fingerprint density at radius 1 is 1.27 bits per heavy atom. The molecule has 1 atom stereocenters. The number of hydrogen-bond acceptors (Lipinski definition) is 4. The van der Waals surface area contributed by atoms with Crippen molar-refractivity contribution >= 4 is 28.3 Å². The van der Waals surface area contributed by atoms with Crippen molar-refractivity contribution in [1.29, 1.82) is 0 Å². The number of benzene rings is 1. The van der Waals surface area contributed by atoms with Gasteiger partial charge < -0.3 is 10.6 Å². The minimum atomic E-state index is -3.59. The largest absolute Gasteiger partial charge is 0.350 e. The normalized spacial score (nSPS) is 16.8. The minimum absolute atomic E-state index is 0. The number of amides is 1. The molecule has 148 valence electrons. The molecule has 8 heteroatoms. The van der Waals surface area contributed by atoms with E-state index in [0.717, 1.165) is 25.7 Å². The lowest BCUT2D eigenvalue weighted by atomic mass is 9.96. The second kappa shape index (κ2) is 10.3. The third-order valence-electron chi connectivity index (χ3n) is 4.92. The number of nitrogens with one attached hydrogen (secondary N) is 2. The van der Waals surface area contributed by atoms with Crippen LogP contribution in [0.4, 0.5) is 0 Å². The van der Waals surface area contributed by atoms with Gasteiger partial charge in [0.05, 0.1) is 4.90 Å². The lowest BCUT2D eigenvalue weighted by Crippen LogP contribution is -2.38. The summed E-state index contributed by atoms with van der Waals surface area (Å²) in [5, 5.41) is 5.85. The van der Waals surface area contributed by atoms with Crippen LogP contribution in [0.3, 0.4) is 0 Å². The molecule has 26 heavy (non-hydrogen) atoms. The van der Waals surface area contributed by atoms with Crippen LogP contribution < -0.4 is 10.6 Å². The number of rotatable bonds is 7. The Balaban J connectivity index is 0.00000338. The number of nitrogens with zero attached hydrogens (tertiary/aromatic N) is 1. The summed E-state index contributed by atoms with van der Waals surface area (Å²) in [4.78, 5) is 12.4. The summed E-state index contributed by atoms with van der Waals surface area (Å²) in [5.41, 5.74) is 0.362. The van der Waals surface area contributed by atoms with E-state index < -0.39 is 10.0 Å². The molecule has 0 bridgehead atoms. The van der Waals surface area contributed by atoms with E-state index in [9.17, 15) is 13.2 Å². The fourth-order valence-corrected chi connectivity index (χ4v) is 4.52. The smallest absolute Gasteiger partial charge is 0.251 e. The van der Waals surface area contributed by atoms with Gasteiger partial charge in [0, 0.05) is 31.2 Å². The molecule has 0 saturated heterocycles. The maximum absolute atomic E-state index is 12.9. The van der Waals surface area contributed by atoms with Crippen LogP contribution >= 0.6 is 12.4 Å². The number of carbonyl (C=O) groups is 1. The van der Waals surface area contributed by atoms with E-state index in [2.05, 4.69) is 10.6 Å². The summed E-state index contributed by atoms with van der Waals surface area (Å²) in [7, 11) is -0.120. The summed E-state index contributed by atoms with van der Waals surface area (Å²) >= 11 is 0. The zero-order valence-corrected chi connectivity index (χ0v) is 17.3. The van der Waals surface area contributed by atoms with Crippen LogP contribution in [0.5, 0.6) is 0 Å². The van der Waals surface area contributed by atoms with Gasteiger partial charge in [0.2, 0.25) is 10.0 Å². The molecule has 1 aromatic carbocycles. The van der Waals surface area contributed by atoms with Gasteiger partial charge in [-0.2, -0.15) is 4.31 Å². The van der Waals surface area contributed by atoms with Crippen molar-refractivity contribution < 1.29 is 13.2 Å². The van der Waals surface area contributed by atoms with E-state index in [0.29, 0.717) is 12.1 Å². The van der Waals surface area contributed by atoms with Gasteiger partial charge in [-0.25, -0.2) is 8.42 Å². The predicted molar refractivity (Wildman–Crippen MR) is 106 cm³/mol. The van der Waals surface area contributed by atoms with Crippen LogP contribution in [0.1, 0.15) is 49.4 Å². The van der Waals surface area contributed by atoms with Gasteiger partial charge in [-0.1, -0.05) is 25.3 Å². The molecule has 2 rings (SSSR count). The zero-order valence-electron chi connectivity index (χ0n) is 15.7. The average Bonchev–Trinajstić information content (AvgIpc) is 2.65. The lowest BCUT2D eigenvalue weighted by Gasteiger charge is -2.30. The molecular formula is C18H30ClN3O3S. The molecule has 6 nitrogen and oxygen atoms in total. The van der Waals surface area contributed by atoms with Crippen molar-refractivity contribution in [3.63, 3.8) is 0 Å². The predicted octanol–water partition coefficient (Wildman–Crippen LogP) is 2.40. The van der Waals surface area contributed by atoms with Crippen molar-refractivity contribution in [3.8, 4) is 0 Å². The highest BCUT2D eigenvalue weighted by Crippen LogP contribution is 2.26. The van der Waals surface area contributed by atoms with Gasteiger partial charge in [-0.05, 0) is 45.0 Å². The topological polar surface area (TPSA) is 78.5 Å². The van der Waals surface area contributed by atoms with Crippen LogP contribution in [-0.2, 0) is 10.0 Å². The van der Waals surface area contributed by atoms with E-state index in [1.807, 2.05) is 14.0 Å². The van der Waals surface area contributed by atoms with Crippen molar-refractivity contribution in [1.82, 2.24) is 14.9 Å². The molecule has 0 heterocycles. The number of likely N-dealkylation sites (N-methyl/N-ethyl adjacent to an activating group) is 1. The van der Waals surface area contributed by atoms with E-state index in [4.69, 9.17) is 0 Å². The van der Waals surface area contributed by atoms with Crippen molar-refractivity contribution in [2.24, 2.45) is 0 Å². The highest BCUT2D eigenvalue weighted by Gasteiger charge is 2.29. The fourth-order valence-electron chi connectivity index (χ4n) is 3.05. The van der Waals surface area contributed by atoms with Gasteiger partial charge in [-0.15, -0.1) is 12.4 Å². The van der Waals surface area contributed by atoms with E-state index >= 15 is 0 Å². The Kier molecular flexibility index (Phi) is 9.03. The van der Waals surface area contributed by atoms with Crippen LogP contribution in [0, 0.1) is 0 Å². The Morgan fingerprint density at radius 2 is 1.92 bits per heavy atom. The molecule has 1 aromatic rings. The van der Waals surface area contributed by atoms with E-state index in [-0.39, 0.29) is 35.3 Å². The van der Waals surface area contributed by atoms with Crippen LogP contribution in [0.25, 0.3) is 0 Å². The third kappa shape index (κ3) is 5.67. The van der Waals surface area contributed by atoms with Crippen molar-refractivity contribution in [2.75, 3.05) is 20.6 Å². The van der Waals surface area contributed by atoms with E-state index in [1.165, 1.54) is 16.8 Å². The highest BCUT2D eigenvalue weighted by atomic mass is 35.5. The van der Waals surface area contributed by atoms with Gasteiger partial charge in [0.15, 0.2) is 0 Å². The molecule has 1 amide bonds. The molecule has 1 fully saturated rings. The monoisotopic (exact) mass is 403 g/mol. The number of halogens is 1.